The van der Waals surface area contributed by atoms with E-state index in [1.165, 1.54) is 0 Å². The molecule has 0 aliphatic carbocycles. The van der Waals surface area contributed by atoms with Gasteiger partial charge in [0.15, 0.2) is 0 Å². The van der Waals surface area contributed by atoms with E-state index in [1.807, 2.05) is 47.4 Å². The van der Waals surface area contributed by atoms with Gasteiger partial charge in [0.25, 0.3) is 0 Å². The van der Waals surface area contributed by atoms with Crippen molar-refractivity contribution in [1.82, 2.24) is 15.1 Å². The highest BCUT2D eigenvalue weighted by atomic mass is 16.3. The Labute approximate surface area is 113 Å². The predicted octanol–water partition coefficient (Wildman–Crippen LogP) is 1.53. The second-order valence-electron chi connectivity index (χ2n) is 5.28. The quantitative estimate of drug-likeness (QED) is 0.876. The molecule has 2 aromatic rings. The lowest BCUT2D eigenvalue weighted by atomic mass is 9.87. The van der Waals surface area contributed by atoms with Crippen LogP contribution in [0.1, 0.15) is 18.4 Å². The molecule has 1 aliphatic rings. The molecule has 0 bridgehead atoms. The van der Waals surface area contributed by atoms with Gasteiger partial charge in [-0.05, 0) is 43.6 Å². The van der Waals surface area contributed by atoms with Crippen molar-refractivity contribution in [2.24, 2.45) is 0 Å². The third-order valence-corrected chi connectivity index (χ3v) is 3.72. The van der Waals surface area contributed by atoms with E-state index in [0.29, 0.717) is 6.42 Å². The molecule has 0 amide bonds. The molecule has 1 saturated heterocycles. The molecule has 0 atom stereocenters. The second kappa shape index (κ2) is 5.15. The summed E-state index contributed by atoms with van der Waals surface area (Å²) in [6, 6.07) is 10.0. The van der Waals surface area contributed by atoms with E-state index < -0.39 is 5.60 Å². The van der Waals surface area contributed by atoms with Gasteiger partial charge in [0.2, 0.25) is 0 Å². The van der Waals surface area contributed by atoms with Crippen LogP contribution in [-0.2, 0) is 6.42 Å². The lowest BCUT2D eigenvalue weighted by Gasteiger charge is -2.32. The van der Waals surface area contributed by atoms with Gasteiger partial charge in [0.05, 0.1) is 17.5 Å². The summed E-state index contributed by atoms with van der Waals surface area (Å²) in [6.45, 7) is 1.78. The molecule has 2 heterocycles. The fraction of sp³-hybridized carbons (Fsp3) is 0.400. The molecule has 0 saturated carbocycles. The zero-order valence-corrected chi connectivity index (χ0v) is 10.9. The molecule has 3 rings (SSSR count). The summed E-state index contributed by atoms with van der Waals surface area (Å²) in [5.41, 5.74) is 1.56. The Bertz CT molecular complexity index is 529. The molecule has 4 heteroatoms. The molecule has 100 valence electrons. The first-order valence-corrected chi connectivity index (χ1v) is 6.77. The van der Waals surface area contributed by atoms with Crippen LogP contribution in [0.4, 0.5) is 0 Å². The molecule has 0 spiro atoms. The SMILES string of the molecule is OC1(Cc2cnn(-c3ccccc3)c2)CCNCC1. The fourth-order valence-electron chi connectivity index (χ4n) is 2.62. The van der Waals surface area contributed by atoms with E-state index in [-0.39, 0.29) is 0 Å². The Morgan fingerprint density at radius 2 is 1.95 bits per heavy atom. The van der Waals surface area contributed by atoms with E-state index in [0.717, 1.165) is 37.2 Å². The lowest BCUT2D eigenvalue weighted by Crippen LogP contribution is -2.43. The van der Waals surface area contributed by atoms with Gasteiger partial charge in [-0.1, -0.05) is 18.2 Å². The summed E-state index contributed by atoms with van der Waals surface area (Å²) >= 11 is 0. The smallest absolute Gasteiger partial charge is 0.0713 e. The van der Waals surface area contributed by atoms with Crippen molar-refractivity contribution >= 4 is 0 Å². The molecule has 0 unspecified atom stereocenters. The minimum absolute atomic E-state index is 0.574. The van der Waals surface area contributed by atoms with E-state index in [1.54, 1.807) is 0 Å². The number of hydrogen-bond acceptors (Lipinski definition) is 3. The third kappa shape index (κ3) is 2.85. The van der Waals surface area contributed by atoms with E-state index >= 15 is 0 Å². The zero-order valence-electron chi connectivity index (χ0n) is 10.9. The van der Waals surface area contributed by atoms with Crippen molar-refractivity contribution < 1.29 is 5.11 Å². The maximum atomic E-state index is 10.5. The summed E-state index contributed by atoms with van der Waals surface area (Å²) in [6.07, 6.45) is 6.16. The minimum Gasteiger partial charge on any atom is -0.389 e. The Balaban J connectivity index is 1.75. The molecular weight excluding hydrogens is 238 g/mol. The first-order chi connectivity index (χ1) is 9.25. The van der Waals surface area contributed by atoms with Gasteiger partial charge in [-0.15, -0.1) is 0 Å². The van der Waals surface area contributed by atoms with Gasteiger partial charge in [-0.3, -0.25) is 0 Å². The molecule has 4 nitrogen and oxygen atoms in total. The number of nitrogens with one attached hydrogen (secondary N) is 1. The molecule has 1 aliphatic heterocycles. The minimum atomic E-state index is -0.574. The average Bonchev–Trinajstić information content (AvgIpc) is 2.88. The summed E-state index contributed by atoms with van der Waals surface area (Å²) in [5.74, 6) is 0. The lowest BCUT2D eigenvalue weighted by molar-refractivity contribution is 0.0109. The standard InChI is InChI=1S/C15H19N3O/c19-15(6-8-16-9-7-15)10-13-11-17-18(12-13)14-4-2-1-3-5-14/h1-5,11-12,16,19H,6-10H2. The van der Waals surface area contributed by atoms with Gasteiger partial charge < -0.3 is 10.4 Å². The summed E-state index contributed by atoms with van der Waals surface area (Å²) in [4.78, 5) is 0. The number of hydrogen-bond donors (Lipinski definition) is 2. The summed E-state index contributed by atoms with van der Waals surface area (Å²) in [7, 11) is 0. The van der Waals surface area contributed by atoms with Crippen LogP contribution in [0.2, 0.25) is 0 Å². The molecule has 1 fully saturated rings. The highest BCUT2D eigenvalue weighted by Gasteiger charge is 2.29. The Morgan fingerprint density at radius 1 is 1.21 bits per heavy atom. The monoisotopic (exact) mass is 257 g/mol. The normalized spacial score (nSPS) is 18.4. The van der Waals surface area contributed by atoms with Crippen LogP contribution < -0.4 is 5.32 Å². The molecule has 1 aromatic carbocycles. The van der Waals surface area contributed by atoms with Crippen molar-refractivity contribution in [2.45, 2.75) is 24.9 Å². The van der Waals surface area contributed by atoms with Crippen LogP contribution in [-0.4, -0.2) is 33.6 Å². The number of rotatable bonds is 3. The van der Waals surface area contributed by atoms with Gasteiger partial charge in [0.1, 0.15) is 0 Å². The van der Waals surface area contributed by atoms with Crippen LogP contribution >= 0.6 is 0 Å². The topological polar surface area (TPSA) is 50.1 Å². The average molecular weight is 257 g/mol. The number of benzene rings is 1. The Hall–Kier alpha value is -1.65. The molecule has 19 heavy (non-hydrogen) atoms. The number of piperidine rings is 1. The first kappa shape index (κ1) is 12.4. The molecular formula is C15H19N3O. The van der Waals surface area contributed by atoms with Crippen molar-refractivity contribution in [3.05, 3.63) is 48.3 Å². The Kier molecular flexibility index (Phi) is 3.36. The Morgan fingerprint density at radius 3 is 2.68 bits per heavy atom. The van der Waals surface area contributed by atoms with Crippen LogP contribution in [0.3, 0.4) is 0 Å². The van der Waals surface area contributed by atoms with E-state index in [2.05, 4.69) is 10.4 Å². The van der Waals surface area contributed by atoms with Gasteiger partial charge in [-0.2, -0.15) is 5.10 Å². The van der Waals surface area contributed by atoms with Crippen molar-refractivity contribution in [3.8, 4) is 5.69 Å². The van der Waals surface area contributed by atoms with E-state index in [9.17, 15) is 5.11 Å². The summed E-state index contributed by atoms with van der Waals surface area (Å²) in [5, 5.41) is 18.2. The van der Waals surface area contributed by atoms with Crippen LogP contribution in [0.15, 0.2) is 42.7 Å². The second-order valence-corrected chi connectivity index (χ2v) is 5.28. The fourth-order valence-corrected chi connectivity index (χ4v) is 2.62. The van der Waals surface area contributed by atoms with Crippen molar-refractivity contribution in [1.29, 1.82) is 0 Å². The number of para-hydroxylation sites is 1. The van der Waals surface area contributed by atoms with Crippen molar-refractivity contribution in [2.75, 3.05) is 13.1 Å². The zero-order chi connectivity index (χ0) is 13.1. The largest absolute Gasteiger partial charge is 0.389 e. The maximum absolute atomic E-state index is 10.5. The molecule has 2 N–H and O–H groups in total. The maximum Gasteiger partial charge on any atom is 0.0713 e. The van der Waals surface area contributed by atoms with Crippen LogP contribution in [0, 0.1) is 0 Å². The third-order valence-electron chi connectivity index (χ3n) is 3.72. The molecule has 0 radical (unpaired) electrons. The highest BCUT2D eigenvalue weighted by Crippen LogP contribution is 2.23. The van der Waals surface area contributed by atoms with Gasteiger partial charge in [-0.25, -0.2) is 4.68 Å². The molecule has 1 aromatic heterocycles. The predicted molar refractivity (Wildman–Crippen MR) is 74.3 cm³/mol. The van der Waals surface area contributed by atoms with Crippen LogP contribution in [0.25, 0.3) is 5.69 Å². The van der Waals surface area contributed by atoms with Gasteiger partial charge in [0, 0.05) is 12.6 Å². The van der Waals surface area contributed by atoms with Gasteiger partial charge >= 0.3 is 0 Å². The number of aromatic nitrogens is 2. The number of aliphatic hydroxyl groups is 1. The van der Waals surface area contributed by atoms with Crippen LogP contribution in [0.5, 0.6) is 0 Å². The van der Waals surface area contributed by atoms with E-state index in [4.69, 9.17) is 0 Å². The summed E-state index contributed by atoms with van der Waals surface area (Å²) < 4.78 is 1.86. The first-order valence-electron chi connectivity index (χ1n) is 6.77. The number of nitrogens with zero attached hydrogens (tertiary/aromatic N) is 2. The van der Waals surface area contributed by atoms with Crippen molar-refractivity contribution in [3.63, 3.8) is 0 Å². The highest BCUT2D eigenvalue weighted by molar-refractivity contribution is 5.31.